The Kier molecular flexibility index (Phi) is 5.45. The Labute approximate surface area is 185 Å². The van der Waals surface area contributed by atoms with E-state index in [1.54, 1.807) is 18.7 Å². The standard InChI is InChI=1S/C25H22N6O/c32-25(27-14-11-19-9-12-26-13-10-19)23-22-8-4-5-15-31(22)24(29-23)21-17-30(18-28-21)16-20-6-2-1-3-7-20/h1-10,12-13,15,17-18H,11,14,16H2,(H,27,32). The summed E-state index contributed by atoms with van der Waals surface area (Å²) in [5.41, 5.74) is 4.19. The third-order valence-corrected chi connectivity index (χ3v) is 5.28. The molecule has 0 aliphatic heterocycles. The fraction of sp³-hybridized carbons (Fsp3) is 0.120. The highest BCUT2D eigenvalue weighted by atomic mass is 16.1. The minimum atomic E-state index is -0.197. The fourth-order valence-electron chi connectivity index (χ4n) is 3.70. The second kappa shape index (κ2) is 8.85. The minimum absolute atomic E-state index is 0.197. The van der Waals surface area contributed by atoms with E-state index in [-0.39, 0.29) is 5.91 Å². The maximum Gasteiger partial charge on any atom is 0.272 e. The normalized spacial score (nSPS) is 11.0. The van der Waals surface area contributed by atoms with Crippen molar-refractivity contribution in [2.45, 2.75) is 13.0 Å². The number of aromatic nitrogens is 5. The summed E-state index contributed by atoms with van der Waals surface area (Å²) in [6.45, 7) is 1.25. The van der Waals surface area contributed by atoms with Crippen LogP contribution in [0.2, 0.25) is 0 Å². The molecule has 5 rings (SSSR count). The van der Waals surface area contributed by atoms with Crippen LogP contribution in [0.15, 0.2) is 91.8 Å². The van der Waals surface area contributed by atoms with Crippen LogP contribution < -0.4 is 5.32 Å². The highest BCUT2D eigenvalue weighted by molar-refractivity contribution is 5.99. The van der Waals surface area contributed by atoms with Gasteiger partial charge in [0, 0.05) is 37.9 Å². The summed E-state index contributed by atoms with van der Waals surface area (Å²) in [7, 11) is 0. The molecule has 0 unspecified atom stereocenters. The van der Waals surface area contributed by atoms with E-state index in [9.17, 15) is 4.79 Å². The smallest absolute Gasteiger partial charge is 0.272 e. The molecule has 0 aliphatic rings. The molecular formula is C25H22N6O. The third-order valence-electron chi connectivity index (χ3n) is 5.28. The van der Waals surface area contributed by atoms with Crippen molar-refractivity contribution in [2.24, 2.45) is 0 Å². The first-order valence-corrected chi connectivity index (χ1v) is 10.5. The number of benzene rings is 1. The Morgan fingerprint density at radius 2 is 1.75 bits per heavy atom. The summed E-state index contributed by atoms with van der Waals surface area (Å²) in [5.74, 6) is 0.449. The molecule has 5 aromatic rings. The van der Waals surface area contributed by atoms with Crippen molar-refractivity contribution in [1.29, 1.82) is 0 Å². The van der Waals surface area contributed by atoms with Gasteiger partial charge in [0.1, 0.15) is 5.69 Å². The van der Waals surface area contributed by atoms with Crippen LogP contribution in [0, 0.1) is 0 Å². The molecule has 0 atom stereocenters. The highest BCUT2D eigenvalue weighted by Crippen LogP contribution is 2.22. The van der Waals surface area contributed by atoms with Gasteiger partial charge in [0.2, 0.25) is 0 Å². The lowest BCUT2D eigenvalue weighted by Gasteiger charge is -2.03. The molecule has 0 saturated carbocycles. The van der Waals surface area contributed by atoms with Crippen molar-refractivity contribution in [2.75, 3.05) is 6.54 Å². The van der Waals surface area contributed by atoms with Gasteiger partial charge in [0.15, 0.2) is 11.5 Å². The van der Waals surface area contributed by atoms with E-state index >= 15 is 0 Å². The van der Waals surface area contributed by atoms with Crippen LogP contribution in [-0.2, 0) is 13.0 Å². The molecule has 0 bridgehead atoms. The molecule has 32 heavy (non-hydrogen) atoms. The van der Waals surface area contributed by atoms with E-state index in [2.05, 4.69) is 32.4 Å². The van der Waals surface area contributed by atoms with Crippen LogP contribution in [0.5, 0.6) is 0 Å². The van der Waals surface area contributed by atoms with Crippen molar-refractivity contribution < 1.29 is 4.79 Å². The van der Waals surface area contributed by atoms with Gasteiger partial charge in [-0.3, -0.25) is 14.2 Å². The molecule has 158 valence electrons. The van der Waals surface area contributed by atoms with E-state index in [1.807, 2.05) is 69.9 Å². The fourth-order valence-corrected chi connectivity index (χ4v) is 3.70. The van der Waals surface area contributed by atoms with Crippen molar-refractivity contribution in [1.82, 2.24) is 29.2 Å². The number of fused-ring (bicyclic) bond motifs is 1. The predicted octanol–water partition coefficient (Wildman–Crippen LogP) is 3.61. The van der Waals surface area contributed by atoms with Gasteiger partial charge in [-0.25, -0.2) is 9.97 Å². The Morgan fingerprint density at radius 1 is 0.938 bits per heavy atom. The molecule has 7 nitrogen and oxygen atoms in total. The lowest BCUT2D eigenvalue weighted by atomic mass is 10.2. The first-order chi connectivity index (χ1) is 15.8. The summed E-state index contributed by atoms with van der Waals surface area (Å²) >= 11 is 0. The number of carbonyl (C=O) groups excluding carboxylic acids is 1. The molecule has 0 fully saturated rings. The number of imidazole rings is 2. The van der Waals surface area contributed by atoms with Gasteiger partial charge in [0.25, 0.3) is 5.91 Å². The summed E-state index contributed by atoms with van der Waals surface area (Å²) in [6.07, 6.45) is 9.89. The van der Waals surface area contributed by atoms with E-state index in [1.165, 1.54) is 5.56 Å². The zero-order valence-corrected chi connectivity index (χ0v) is 17.4. The lowest BCUT2D eigenvalue weighted by molar-refractivity contribution is 0.0951. The number of amides is 1. The number of hydrogen-bond donors (Lipinski definition) is 1. The summed E-state index contributed by atoms with van der Waals surface area (Å²) in [5, 5.41) is 2.98. The van der Waals surface area contributed by atoms with Gasteiger partial charge in [-0.2, -0.15) is 0 Å². The van der Waals surface area contributed by atoms with Gasteiger partial charge in [-0.1, -0.05) is 36.4 Å². The maximum atomic E-state index is 12.9. The van der Waals surface area contributed by atoms with Gasteiger partial charge >= 0.3 is 0 Å². The van der Waals surface area contributed by atoms with Crippen LogP contribution in [0.4, 0.5) is 0 Å². The van der Waals surface area contributed by atoms with Crippen LogP contribution in [-0.4, -0.2) is 36.4 Å². The summed E-state index contributed by atoms with van der Waals surface area (Å²) in [6, 6.07) is 19.8. The van der Waals surface area contributed by atoms with E-state index in [4.69, 9.17) is 0 Å². The van der Waals surface area contributed by atoms with Crippen molar-refractivity contribution >= 4 is 11.4 Å². The number of nitrogens with one attached hydrogen (secondary N) is 1. The van der Waals surface area contributed by atoms with Crippen LogP contribution >= 0.6 is 0 Å². The molecule has 1 aromatic carbocycles. The Morgan fingerprint density at radius 3 is 2.59 bits per heavy atom. The minimum Gasteiger partial charge on any atom is -0.350 e. The van der Waals surface area contributed by atoms with Crippen molar-refractivity contribution in [3.05, 3.63) is 109 Å². The molecule has 4 heterocycles. The topological polar surface area (TPSA) is 77.1 Å². The number of nitrogens with zero attached hydrogens (tertiary/aromatic N) is 5. The highest BCUT2D eigenvalue weighted by Gasteiger charge is 2.19. The van der Waals surface area contributed by atoms with Gasteiger partial charge in [-0.15, -0.1) is 0 Å². The zero-order chi connectivity index (χ0) is 21.8. The summed E-state index contributed by atoms with van der Waals surface area (Å²) < 4.78 is 3.93. The largest absolute Gasteiger partial charge is 0.350 e. The third kappa shape index (κ3) is 4.13. The number of carbonyl (C=O) groups is 1. The van der Waals surface area contributed by atoms with Crippen LogP contribution in [0.1, 0.15) is 21.6 Å². The van der Waals surface area contributed by atoms with Gasteiger partial charge < -0.3 is 9.88 Å². The molecule has 7 heteroatoms. The molecule has 0 radical (unpaired) electrons. The number of hydrogen-bond acceptors (Lipinski definition) is 4. The number of rotatable bonds is 7. The monoisotopic (exact) mass is 422 g/mol. The van der Waals surface area contributed by atoms with Crippen LogP contribution in [0.25, 0.3) is 17.0 Å². The predicted molar refractivity (Wildman–Crippen MR) is 122 cm³/mol. The molecular weight excluding hydrogens is 400 g/mol. The molecule has 0 saturated heterocycles. The first-order valence-electron chi connectivity index (χ1n) is 10.5. The quantitative estimate of drug-likeness (QED) is 0.435. The molecule has 4 aromatic heterocycles. The van der Waals surface area contributed by atoms with Crippen molar-refractivity contribution in [3.63, 3.8) is 0 Å². The first kappa shape index (κ1) is 19.7. The molecule has 1 N–H and O–H groups in total. The van der Waals surface area contributed by atoms with E-state index < -0.39 is 0 Å². The second-order valence-corrected chi connectivity index (χ2v) is 7.52. The average Bonchev–Trinajstić information content (AvgIpc) is 3.45. The maximum absolute atomic E-state index is 12.9. The van der Waals surface area contributed by atoms with E-state index in [0.717, 1.165) is 29.7 Å². The number of pyridine rings is 2. The Hall–Kier alpha value is -4.26. The molecule has 1 amide bonds. The second-order valence-electron chi connectivity index (χ2n) is 7.52. The molecule has 0 aliphatic carbocycles. The van der Waals surface area contributed by atoms with E-state index in [0.29, 0.717) is 18.1 Å². The summed E-state index contributed by atoms with van der Waals surface area (Å²) in [4.78, 5) is 26.2. The van der Waals surface area contributed by atoms with Gasteiger partial charge in [-0.05, 0) is 41.8 Å². The van der Waals surface area contributed by atoms with Crippen molar-refractivity contribution in [3.8, 4) is 11.5 Å². The average molecular weight is 422 g/mol. The lowest BCUT2D eigenvalue weighted by Crippen LogP contribution is -2.26. The molecule has 0 spiro atoms. The SMILES string of the molecule is O=C(NCCc1ccncc1)c1nc(-c2cn(Cc3ccccc3)cn2)n2ccccc12. The van der Waals surface area contributed by atoms with Gasteiger partial charge in [0.05, 0.1) is 11.8 Å². The Balaban J connectivity index is 1.37. The zero-order valence-electron chi connectivity index (χ0n) is 17.4. The Bertz CT molecular complexity index is 1340. The van der Waals surface area contributed by atoms with Crippen LogP contribution in [0.3, 0.4) is 0 Å².